The summed E-state index contributed by atoms with van der Waals surface area (Å²) in [5.41, 5.74) is 3.63. The molecule has 0 amide bonds. The molecule has 0 unspecified atom stereocenters. The third-order valence-electron chi connectivity index (χ3n) is 3.24. The SMILES string of the molecule is CC(C)c1cc(-c2csc(=O)[nH]2)cc(C(C)C)c1O. The van der Waals surface area contributed by atoms with Gasteiger partial charge in [0.25, 0.3) is 0 Å². The molecule has 0 saturated heterocycles. The van der Waals surface area contributed by atoms with Crippen LogP contribution in [0.5, 0.6) is 5.75 Å². The van der Waals surface area contributed by atoms with Gasteiger partial charge in [-0.15, -0.1) is 0 Å². The third-order valence-corrected chi connectivity index (χ3v) is 3.91. The number of thiazole rings is 1. The molecule has 1 heterocycles. The summed E-state index contributed by atoms with van der Waals surface area (Å²) < 4.78 is 0. The smallest absolute Gasteiger partial charge is 0.304 e. The molecule has 0 aliphatic heterocycles. The van der Waals surface area contributed by atoms with Gasteiger partial charge in [0, 0.05) is 5.38 Å². The van der Waals surface area contributed by atoms with Gasteiger partial charge in [-0.25, -0.2) is 0 Å². The lowest BCUT2D eigenvalue weighted by Gasteiger charge is -2.17. The van der Waals surface area contributed by atoms with Crippen LogP contribution in [0.2, 0.25) is 0 Å². The lowest BCUT2D eigenvalue weighted by atomic mass is 9.91. The Hall–Kier alpha value is -1.55. The molecule has 102 valence electrons. The molecule has 3 nitrogen and oxygen atoms in total. The van der Waals surface area contributed by atoms with Crippen molar-refractivity contribution in [1.29, 1.82) is 0 Å². The number of benzene rings is 1. The number of aromatic amines is 1. The molecule has 0 aliphatic rings. The molecule has 0 fully saturated rings. The van der Waals surface area contributed by atoms with E-state index in [1.54, 1.807) is 0 Å². The fraction of sp³-hybridized carbons (Fsp3) is 0.400. The number of nitrogens with one attached hydrogen (secondary N) is 1. The average Bonchev–Trinajstić information content (AvgIpc) is 2.75. The molecule has 19 heavy (non-hydrogen) atoms. The van der Waals surface area contributed by atoms with Crippen LogP contribution in [-0.2, 0) is 0 Å². The molecular formula is C15H19NO2S. The van der Waals surface area contributed by atoms with E-state index < -0.39 is 0 Å². The average molecular weight is 277 g/mol. The van der Waals surface area contributed by atoms with Crippen LogP contribution in [0.15, 0.2) is 22.3 Å². The van der Waals surface area contributed by atoms with Crippen molar-refractivity contribution in [2.45, 2.75) is 39.5 Å². The van der Waals surface area contributed by atoms with Crippen molar-refractivity contribution in [3.05, 3.63) is 38.3 Å². The number of phenols is 1. The van der Waals surface area contributed by atoms with Gasteiger partial charge >= 0.3 is 4.87 Å². The van der Waals surface area contributed by atoms with E-state index in [2.05, 4.69) is 32.7 Å². The number of H-pyrrole nitrogens is 1. The normalized spacial score (nSPS) is 11.5. The Kier molecular flexibility index (Phi) is 3.80. The molecule has 1 aromatic heterocycles. The lowest BCUT2D eigenvalue weighted by molar-refractivity contribution is 0.454. The summed E-state index contributed by atoms with van der Waals surface area (Å²) in [5.74, 6) is 0.858. The minimum Gasteiger partial charge on any atom is -0.507 e. The maximum atomic E-state index is 11.3. The minimum atomic E-state index is -0.0553. The predicted molar refractivity (Wildman–Crippen MR) is 80.2 cm³/mol. The van der Waals surface area contributed by atoms with E-state index in [1.807, 2.05) is 17.5 Å². The number of rotatable bonds is 3. The molecule has 2 aromatic rings. The highest BCUT2D eigenvalue weighted by Crippen LogP contribution is 2.37. The first-order chi connectivity index (χ1) is 8.90. The van der Waals surface area contributed by atoms with Crippen molar-refractivity contribution in [2.75, 3.05) is 0 Å². The van der Waals surface area contributed by atoms with Crippen molar-refractivity contribution in [2.24, 2.45) is 0 Å². The molecule has 2 rings (SSSR count). The van der Waals surface area contributed by atoms with Gasteiger partial charge in [0.1, 0.15) is 5.75 Å². The largest absolute Gasteiger partial charge is 0.507 e. The lowest BCUT2D eigenvalue weighted by Crippen LogP contribution is -1.98. The Morgan fingerprint density at radius 2 is 1.63 bits per heavy atom. The van der Waals surface area contributed by atoms with Gasteiger partial charge in [0.05, 0.1) is 5.69 Å². The van der Waals surface area contributed by atoms with Crippen LogP contribution in [-0.4, -0.2) is 10.1 Å². The molecular weight excluding hydrogens is 258 g/mol. The van der Waals surface area contributed by atoms with Crippen LogP contribution < -0.4 is 4.87 Å². The molecule has 1 aromatic carbocycles. The molecule has 2 N–H and O–H groups in total. The second-order valence-electron chi connectivity index (χ2n) is 5.37. The summed E-state index contributed by atoms with van der Waals surface area (Å²) in [5, 5.41) is 12.2. The van der Waals surface area contributed by atoms with Crippen molar-refractivity contribution in [1.82, 2.24) is 4.98 Å². The fourth-order valence-electron chi connectivity index (χ4n) is 2.14. The molecule has 4 heteroatoms. The molecule has 0 saturated carbocycles. The summed E-state index contributed by atoms with van der Waals surface area (Å²) in [7, 11) is 0. The highest BCUT2D eigenvalue weighted by molar-refractivity contribution is 7.07. The molecule has 0 bridgehead atoms. The topological polar surface area (TPSA) is 53.1 Å². The Labute approximate surface area is 116 Å². The highest BCUT2D eigenvalue weighted by Gasteiger charge is 2.16. The zero-order valence-electron chi connectivity index (χ0n) is 11.7. The minimum absolute atomic E-state index is 0.0553. The van der Waals surface area contributed by atoms with Crippen LogP contribution in [0.4, 0.5) is 0 Å². The monoisotopic (exact) mass is 277 g/mol. The molecule has 0 aliphatic carbocycles. The maximum Gasteiger partial charge on any atom is 0.304 e. The summed E-state index contributed by atoms with van der Waals surface area (Å²) in [4.78, 5) is 14.1. The van der Waals surface area contributed by atoms with Crippen molar-refractivity contribution in [3.63, 3.8) is 0 Å². The second-order valence-corrected chi connectivity index (χ2v) is 6.22. The predicted octanol–water partition coefficient (Wildman–Crippen LogP) is 4.06. The van der Waals surface area contributed by atoms with E-state index in [0.29, 0.717) is 5.75 Å². The van der Waals surface area contributed by atoms with E-state index in [4.69, 9.17) is 0 Å². The van der Waals surface area contributed by atoms with E-state index in [-0.39, 0.29) is 16.7 Å². The fourth-order valence-corrected chi connectivity index (χ4v) is 2.73. The van der Waals surface area contributed by atoms with E-state index in [9.17, 15) is 9.90 Å². The third kappa shape index (κ3) is 2.73. The molecule has 0 spiro atoms. The van der Waals surface area contributed by atoms with Gasteiger partial charge < -0.3 is 10.1 Å². The van der Waals surface area contributed by atoms with Gasteiger partial charge in [-0.1, -0.05) is 39.0 Å². The Bertz CT molecular complexity index is 609. The van der Waals surface area contributed by atoms with E-state index >= 15 is 0 Å². The second kappa shape index (κ2) is 5.21. The van der Waals surface area contributed by atoms with Gasteiger partial charge in [0.15, 0.2) is 0 Å². The number of hydrogen-bond acceptors (Lipinski definition) is 3. The van der Waals surface area contributed by atoms with E-state index in [1.165, 1.54) is 0 Å². The van der Waals surface area contributed by atoms with Gasteiger partial charge in [0.2, 0.25) is 0 Å². The van der Waals surface area contributed by atoms with E-state index in [0.717, 1.165) is 33.7 Å². The molecule has 0 atom stereocenters. The van der Waals surface area contributed by atoms with Crippen LogP contribution in [0, 0.1) is 0 Å². The Morgan fingerprint density at radius 3 is 2.00 bits per heavy atom. The van der Waals surface area contributed by atoms with Crippen molar-refractivity contribution >= 4 is 11.3 Å². The van der Waals surface area contributed by atoms with Gasteiger partial charge in [-0.2, -0.15) is 0 Å². The van der Waals surface area contributed by atoms with Gasteiger partial charge in [-0.05, 0) is 40.7 Å². The van der Waals surface area contributed by atoms with Crippen LogP contribution >= 0.6 is 11.3 Å². The van der Waals surface area contributed by atoms with Gasteiger partial charge in [-0.3, -0.25) is 4.79 Å². The summed E-state index contributed by atoms with van der Waals surface area (Å²) in [6.45, 7) is 8.22. The summed E-state index contributed by atoms with van der Waals surface area (Å²) in [6.07, 6.45) is 0. The summed E-state index contributed by atoms with van der Waals surface area (Å²) in [6, 6.07) is 3.92. The summed E-state index contributed by atoms with van der Waals surface area (Å²) >= 11 is 1.16. The number of aromatic hydroxyl groups is 1. The van der Waals surface area contributed by atoms with Crippen molar-refractivity contribution < 1.29 is 5.11 Å². The maximum absolute atomic E-state index is 11.3. The standard InChI is InChI=1S/C15H19NO2S/c1-8(2)11-5-10(13-7-19-15(18)16-13)6-12(9(3)4)14(11)17/h5-9,17H,1-4H3,(H,16,18). The van der Waals surface area contributed by atoms with Crippen molar-refractivity contribution in [3.8, 4) is 17.0 Å². The van der Waals surface area contributed by atoms with Crippen LogP contribution in [0.1, 0.15) is 50.7 Å². The zero-order valence-corrected chi connectivity index (χ0v) is 12.5. The first-order valence-corrected chi connectivity index (χ1v) is 7.33. The number of aromatic nitrogens is 1. The Balaban J connectivity index is 2.66. The quantitative estimate of drug-likeness (QED) is 0.889. The zero-order chi connectivity index (χ0) is 14.2. The highest BCUT2D eigenvalue weighted by atomic mass is 32.1. The van der Waals surface area contributed by atoms with Crippen LogP contribution in [0.25, 0.3) is 11.3 Å². The van der Waals surface area contributed by atoms with Crippen LogP contribution in [0.3, 0.4) is 0 Å². The first-order valence-electron chi connectivity index (χ1n) is 6.45. The molecule has 0 radical (unpaired) electrons. The first kappa shape index (κ1) is 13.9. The Morgan fingerprint density at radius 1 is 1.11 bits per heavy atom. The number of hydrogen-bond donors (Lipinski definition) is 2. The number of phenolic OH excluding ortho intramolecular Hbond substituents is 1.